The molecule has 1 saturated heterocycles. The largest absolute Gasteiger partial charge is 0.481 e. The Bertz CT molecular complexity index is 2410. The van der Waals surface area contributed by atoms with Crippen LogP contribution in [0.3, 0.4) is 0 Å². The molecule has 20 heteroatoms. The maximum absolute atomic E-state index is 12.7. The Morgan fingerprint density at radius 1 is 0.603 bits per heavy atom. The average molecular weight is 879 g/mol. The van der Waals surface area contributed by atoms with Gasteiger partial charge in [-0.05, 0) is 72.6 Å². The minimum absolute atomic E-state index is 0.122. The molecule has 0 unspecified atom stereocenters. The summed E-state index contributed by atoms with van der Waals surface area (Å²) in [5.41, 5.74) is -0.129. The molecule has 20 nitrogen and oxygen atoms in total. The fourth-order valence-corrected chi connectivity index (χ4v) is 9.66. The van der Waals surface area contributed by atoms with Crippen LogP contribution in [0.2, 0.25) is 0 Å². The SMILES string of the molecule is C/C1=C2N=C(/C=C3\N/C(=C\c4[nH]c(c(CCC(=O)O)c4CC(=O)O)Cc4[nH]c1c(CC(=O)O)c4CCC(=O)O)[C@@H](CCC(=O)O)[C@]3(C)CC(=O)O)[C@@H](CCC(=O)O)[C@]/2(C)CC(=O)O. The average Bonchev–Trinajstić information content (AvgIpc) is 3.80. The normalized spacial score (nSPS) is 24.3. The lowest BCUT2D eigenvalue weighted by atomic mass is 9.68. The molecule has 8 bridgehead atoms. The van der Waals surface area contributed by atoms with E-state index in [9.17, 15) is 79.2 Å². The molecule has 338 valence electrons. The maximum Gasteiger partial charge on any atom is 0.307 e. The van der Waals surface area contributed by atoms with Crippen molar-refractivity contribution in [1.29, 1.82) is 0 Å². The number of H-pyrrole nitrogens is 2. The van der Waals surface area contributed by atoms with Gasteiger partial charge in [-0.1, -0.05) is 13.8 Å². The van der Waals surface area contributed by atoms with Gasteiger partial charge in [-0.2, -0.15) is 0 Å². The minimum Gasteiger partial charge on any atom is -0.481 e. The van der Waals surface area contributed by atoms with Gasteiger partial charge in [0.1, 0.15) is 0 Å². The van der Waals surface area contributed by atoms with Crippen molar-refractivity contribution in [1.82, 2.24) is 15.3 Å². The van der Waals surface area contributed by atoms with Crippen molar-refractivity contribution >= 4 is 65.1 Å². The quantitative estimate of drug-likeness (QED) is 0.0888. The van der Waals surface area contributed by atoms with Crippen LogP contribution in [0.4, 0.5) is 0 Å². The lowest BCUT2D eigenvalue weighted by molar-refractivity contribution is -0.141. The number of carboxylic acid groups (broad SMARTS) is 8. The number of carboxylic acids is 8. The van der Waals surface area contributed by atoms with Gasteiger partial charge in [0.2, 0.25) is 0 Å². The van der Waals surface area contributed by atoms with Crippen molar-refractivity contribution < 1.29 is 79.2 Å². The van der Waals surface area contributed by atoms with E-state index in [4.69, 9.17) is 4.99 Å². The smallest absolute Gasteiger partial charge is 0.307 e. The first kappa shape index (κ1) is 47.1. The number of aromatic amines is 2. The number of carbonyl (C=O) groups is 8. The van der Waals surface area contributed by atoms with Gasteiger partial charge in [0.15, 0.2) is 0 Å². The van der Waals surface area contributed by atoms with Crippen LogP contribution < -0.4 is 5.32 Å². The van der Waals surface area contributed by atoms with Gasteiger partial charge in [-0.3, -0.25) is 43.3 Å². The highest BCUT2D eigenvalue weighted by Crippen LogP contribution is 2.54. The molecule has 0 saturated carbocycles. The van der Waals surface area contributed by atoms with Gasteiger partial charge < -0.3 is 56.1 Å². The molecule has 0 aliphatic carbocycles. The first-order chi connectivity index (χ1) is 29.4. The molecule has 0 spiro atoms. The van der Waals surface area contributed by atoms with Crippen LogP contribution in [-0.2, 0) is 70.5 Å². The lowest BCUT2D eigenvalue weighted by Crippen LogP contribution is -2.33. The Hall–Kier alpha value is -6.99. The molecule has 63 heavy (non-hydrogen) atoms. The van der Waals surface area contributed by atoms with Crippen LogP contribution >= 0.6 is 0 Å². The zero-order valence-electron chi connectivity index (χ0n) is 34.8. The Labute approximate surface area is 359 Å². The predicted molar refractivity (Wildman–Crippen MR) is 220 cm³/mol. The molecule has 0 radical (unpaired) electrons. The molecule has 11 N–H and O–H groups in total. The Balaban J connectivity index is 2.00. The van der Waals surface area contributed by atoms with E-state index >= 15 is 0 Å². The van der Waals surface area contributed by atoms with E-state index in [0.717, 1.165) is 0 Å². The van der Waals surface area contributed by atoms with Gasteiger partial charge in [-0.25, -0.2) is 0 Å². The molecular formula is C43H50N4O16. The number of aliphatic carboxylic acids is 8. The number of nitrogens with one attached hydrogen (secondary N) is 3. The van der Waals surface area contributed by atoms with Gasteiger partial charge >= 0.3 is 47.8 Å². The molecule has 1 fully saturated rings. The van der Waals surface area contributed by atoms with E-state index in [1.54, 1.807) is 20.8 Å². The standard InChI is InChI=1S/C43H50N4O16/c1-19-40-23(13-37(58)59)21(5-9-33(50)51)27(46-40)14-26-20(4-8-32(48)49)22(12-36(56)57)28(44-26)15-29-24(6-10-34(52)53)42(2,17-38(60)61)31(45-29)16-30-25(7-11-35(54)55)43(3,18-39(62)63)41(19)47-30/h15-16,24-25,44-46H,4-14,17-18H2,1-3H3,(H,48,49)(H,50,51)(H,52,53)(H,54,55)(H,56,57)(H,58,59)(H,60,61)(H,62,63)/b29-15-,31-16-,41-19-/t24-,25-,42+,43+/m1/s1. The highest BCUT2D eigenvalue weighted by Gasteiger charge is 2.51. The van der Waals surface area contributed by atoms with Crippen molar-refractivity contribution in [3.05, 3.63) is 68.2 Å². The summed E-state index contributed by atoms with van der Waals surface area (Å²) in [5.74, 6) is -11.8. The summed E-state index contributed by atoms with van der Waals surface area (Å²) < 4.78 is 0. The van der Waals surface area contributed by atoms with Crippen molar-refractivity contribution in [2.24, 2.45) is 27.7 Å². The molecule has 0 amide bonds. The molecule has 3 aliphatic heterocycles. The topological polar surface area (TPSA) is 354 Å². The van der Waals surface area contributed by atoms with Crippen LogP contribution in [-0.4, -0.2) is 104 Å². The van der Waals surface area contributed by atoms with Crippen LogP contribution in [0.15, 0.2) is 28.2 Å². The second kappa shape index (κ2) is 18.5. The Morgan fingerprint density at radius 2 is 1.10 bits per heavy atom. The molecule has 4 atom stereocenters. The van der Waals surface area contributed by atoms with E-state index in [1.807, 2.05) is 0 Å². The van der Waals surface area contributed by atoms with E-state index in [0.29, 0.717) is 0 Å². The zero-order chi connectivity index (χ0) is 46.7. The van der Waals surface area contributed by atoms with Crippen LogP contribution in [0.5, 0.6) is 0 Å². The summed E-state index contributed by atoms with van der Waals surface area (Å²) >= 11 is 0. The molecule has 3 aliphatic rings. The van der Waals surface area contributed by atoms with Crippen molar-refractivity contribution in [2.75, 3.05) is 0 Å². The molecule has 5 heterocycles. The number of hydrogen-bond acceptors (Lipinski definition) is 10. The zero-order valence-corrected chi connectivity index (χ0v) is 34.8. The van der Waals surface area contributed by atoms with Gasteiger partial charge in [0.25, 0.3) is 0 Å². The van der Waals surface area contributed by atoms with Crippen LogP contribution in [0.25, 0.3) is 11.6 Å². The maximum atomic E-state index is 12.7. The van der Waals surface area contributed by atoms with E-state index in [2.05, 4.69) is 15.3 Å². The first-order valence-corrected chi connectivity index (χ1v) is 20.2. The Morgan fingerprint density at radius 3 is 1.62 bits per heavy atom. The monoisotopic (exact) mass is 878 g/mol. The highest BCUT2D eigenvalue weighted by atomic mass is 16.4. The fraction of sp³-hybridized carbons (Fsp3) is 0.465. The molecule has 0 aromatic carbocycles. The van der Waals surface area contributed by atoms with Gasteiger partial charge in [0.05, 0.1) is 31.4 Å². The summed E-state index contributed by atoms with van der Waals surface area (Å²) in [7, 11) is 0. The number of aromatic nitrogens is 2. The third-order valence-corrected chi connectivity index (χ3v) is 12.4. The van der Waals surface area contributed by atoms with Crippen LogP contribution in [0.1, 0.15) is 117 Å². The van der Waals surface area contributed by atoms with E-state index < -0.39 is 122 Å². The van der Waals surface area contributed by atoms with Gasteiger partial charge in [0, 0.05) is 94.7 Å². The highest BCUT2D eigenvalue weighted by molar-refractivity contribution is 6.03. The number of rotatable bonds is 20. The third-order valence-electron chi connectivity index (χ3n) is 12.4. The third kappa shape index (κ3) is 10.2. The number of fused-ring (bicyclic) bond motifs is 7. The van der Waals surface area contributed by atoms with E-state index in [-0.39, 0.29) is 106 Å². The summed E-state index contributed by atoms with van der Waals surface area (Å²) in [4.78, 5) is 110. The van der Waals surface area contributed by atoms with Crippen molar-refractivity contribution in [3.8, 4) is 0 Å². The Kier molecular flexibility index (Phi) is 13.9. The number of hydrogen-bond donors (Lipinski definition) is 11. The first-order valence-electron chi connectivity index (χ1n) is 20.2. The molecular weight excluding hydrogens is 828 g/mol. The summed E-state index contributed by atoms with van der Waals surface area (Å²) in [6.45, 7) is 4.74. The predicted octanol–water partition coefficient (Wildman–Crippen LogP) is 4.17. The molecule has 2 aromatic heterocycles. The number of allylic oxidation sites excluding steroid dienone is 5. The molecule has 5 rings (SSSR count). The van der Waals surface area contributed by atoms with Gasteiger partial charge in [-0.15, -0.1) is 0 Å². The second-order valence-corrected chi connectivity index (χ2v) is 16.8. The minimum atomic E-state index is -1.48. The lowest BCUT2D eigenvalue weighted by Gasteiger charge is -2.33. The summed E-state index contributed by atoms with van der Waals surface area (Å²) in [6.07, 6.45) is -2.00. The van der Waals surface area contributed by atoms with Crippen molar-refractivity contribution in [3.63, 3.8) is 0 Å². The fourth-order valence-electron chi connectivity index (χ4n) is 9.66. The molecule has 2 aromatic rings. The summed E-state index contributed by atoms with van der Waals surface area (Å²) in [6, 6.07) is 0. The van der Waals surface area contributed by atoms with Crippen molar-refractivity contribution in [2.45, 2.75) is 104 Å². The second-order valence-electron chi connectivity index (χ2n) is 16.8. The summed E-state index contributed by atoms with van der Waals surface area (Å²) in [5, 5.41) is 83.5. The van der Waals surface area contributed by atoms with E-state index in [1.165, 1.54) is 12.2 Å². The number of aliphatic imine (C=N–C) groups is 1. The number of nitrogens with zero attached hydrogens (tertiary/aromatic N) is 1. The van der Waals surface area contributed by atoms with Crippen LogP contribution in [0, 0.1) is 22.7 Å².